The monoisotopic (exact) mass is 319 g/mol. The molecule has 128 valence electrons. The molecule has 8 heteroatoms. The van der Waals surface area contributed by atoms with Gasteiger partial charge in [0.15, 0.2) is 0 Å². The maximum atomic E-state index is 11.4. The van der Waals surface area contributed by atoms with Crippen molar-refractivity contribution in [3.63, 3.8) is 0 Å². The lowest BCUT2D eigenvalue weighted by atomic mass is 10.2. The molecule has 0 bridgehead atoms. The number of carboxylic acids is 1. The summed E-state index contributed by atoms with van der Waals surface area (Å²) in [7, 11) is 1.61. The van der Waals surface area contributed by atoms with Gasteiger partial charge in [-0.1, -0.05) is 0 Å². The van der Waals surface area contributed by atoms with Gasteiger partial charge in [0.25, 0.3) is 0 Å². The van der Waals surface area contributed by atoms with E-state index >= 15 is 0 Å². The van der Waals surface area contributed by atoms with Crippen LogP contribution in [0.15, 0.2) is 11.6 Å². The van der Waals surface area contributed by atoms with Gasteiger partial charge in [0, 0.05) is 25.3 Å². The lowest BCUT2D eigenvalue weighted by Crippen LogP contribution is -2.28. The van der Waals surface area contributed by atoms with Gasteiger partial charge >= 0.3 is 5.97 Å². The number of carboxylic acid groups (broad SMARTS) is 1. The van der Waals surface area contributed by atoms with E-state index in [0.717, 1.165) is 6.08 Å². The topological polar surface area (TPSA) is 103 Å². The maximum Gasteiger partial charge on any atom is 0.328 e. The second-order valence-electron chi connectivity index (χ2n) is 4.25. The van der Waals surface area contributed by atoms with Crippen LogP contribution in [0.3, 0.4) is 0 Å². The molecule has 0 radical (unpaired) electrons. The van der Waals surface area contributed by atoms with Gasteiger partial charge in [0.2, 0.25) is 5.91 Å². The molecule has 0 aromatic carbocycles. The van der Waals surface area contributed by atoms with Crippen LogP contribution in [0.4, 0.5) is 0 Å². The average molecular weight is 319 g/mol. The predicted octanol–water partition coefficient (Wildman–Crippen LogP) is -0.170. The molecule has 0 aliphatic carbocycles. The van der Waals surface area contributed by atoms with Crippen LogP contribution in [0.1, 0.15) is 6.92 Å². The summed E-state index contributed by atoms with van der Waals surface area (Å²) in [5.74, 6) is -1.57. The lowest BCUT2D eigenvalue weighted by molar-refractivity contribution is -0.131. The number of aliphatic carboxylic acids is 1. The summed E-state index contributed by atoms with van der Waals surface area (Å²) in [6, 6.07) is 0. The molecule has 0 spiro atoms. The summed E-state index contributed by atoms with van der Waals surface area (Å²) >= 11 is 0. The fraction of sp³-hybridized carbons (Fsp3) is 0.714. The van der Waals surface area contributed by atoms with Crippen molar-refractivity contribution in [1.29, 1.82) is 0 Å². The second-order valence-corrected chi connectivity index (χ2v) is 4.25. The third-order valence-corrected chi connectivity index (χ3v) is 2.41. The van der Waals surface area contributed by atoms with Crippen molar-refractivity contribution in [2.45, 2.75) is 6.92 Å². The van der Waals surface area contributed by atoms with Crippen molar-refractivity contribution in [2.24, 2.45) is 0 Å². The Kier molecular flexibility index (Phi) is 13.5. The van der Waals surface area contributed by atoms with E-state index in [-0.39, 0.29) is 5.57 Å². The number of hydrogen-bond donors (Lipinski definition) is 2. The summed E-state index contributed by atoms with van der Waals surface area (Å²) in [5.41, 5.74) is 0.143. The summed E-state index contributed by atoms with van der Waals surface area (Å²) < 4.78 is 20.6. The van der Waals surface area contributed by atoms with Gasteiger partial charge in [-0.2, -0.15) is 0 Å². The number of ether oxygens (including phenoxy) is 4. The third-order valence-electron chi connectivity index (χ3n) is 2.41. The van der Waals surface area contributed by atoms with E-state index < -0.39 is 11.9 Å². The van der Waals surface area contributed by atoms with E-state index in [1.807, 2.05) is 0 Å². The molecule has 8 nitrogen and oxygen atoms in total. The first-order valence-corrected chi connectivity index (χ1v) is 6.99. The van der Waals surface area contributed by atoms with E-state index in [4.69, 9.17) is 24.1 Å². The van der Waals surface area contributed by atoms with Crippen LogP contribution in [-0.2, 0) is 28.5 Å². The highest BCUT2D eigenvalue weighted by Crippen LogP contribution is 1.91. The van der Waals surface area contributed by atoms with Gasteiger partial charge in [-0.3, -0.25) is 4.79 Å². The van der Waals surface area contributed by atoms with Crippen molar-refractivity contribution in [2.75, 3.05) is 59.9 Å². The molecule has 0 heterocycles. The second kappa shape index (κ2) is 14.5. The highest BCUT2D eigenvalue weighted by atomic mass is 16.6. The number of nitrogens with one attached hydrogen (secondary N) is 1. The van der Waals surface area contributed by atoms with Crippen molar-refractivity contribution in [3.8, 4) is 0 Å². The van der Waals surface area contributed by atoms with E-state index in [0.29, 0.717) is 52.8 Å². The van der Waals surface area contributed by atoms with Crippen molar-refractivity contribution >= 4 is 11.9 Å². The molecule has 0 aromatic rings. The molecule has 0 aliphatic heterocycles. The van der Waals surface area contributed by atoms with Gasteiger partial charge in [0.1, 0.15) is 0 Å². The quantitative estimate of drug-likeness (QED) is 0.338. The molecule has 2 N–H and O–H groups in total. The van der Waals surface area contributed by atoms with E-state index in [9.17, 15) is 9.59 Å². The summed E-state index contributed by atoms with van der Waals surface area (Å²) in [5, 5.41) is 11.0. The van der Waals surface area contributed by atoms with Crippen LogP contribution >= 0.6 is 0 Å². The zero-order chi connectivity index (χ0) is 16.6. The largest absolute Gasteiger partial charge is 0.478 e. The number of amides is 1. The summed E-state index contributed by atoms with van der Waals surface area (Å²) in [4.78, 5) is 21.8. The Hall–Kier alpha value is -1.48. The smallest absolute Gasteiger partial charge is 0.328 e. The van der Waals surface area contributed by atoms with E-state index in [1.165, 1.54) is 6.92 Å². The lowest BCUT2D eigenvalue weighted by Gasteiger charge is -2.07. The average Bonchev–Trinajstić information content (AvgIpc) is 2.47. The fourth-order valence-corrected chi connectivity index (χ4v) is 1.31. The number of carbonyl (C=O) groups is 2. The van der Waals surface area contributed by atoms with Crippen LogP contribution in [0.2, 0.25) is 0 Å². The normalized spacial score (nSPS) is 11.5. The number of hydrogen-bond acceptors (Lipinski definition) is 6. The SMILES string of the molecule is COCCOCCOCCOCCNC(=O)/C(C)=C\C(=O)O. The van der Waals surface area contributed by atoms with Crippen LogP contribution in [0.5, 0.6) is 0 Å². The first-order valence-electron chi connectivity index (χ1n) is 6.99. The Balaban J connectivity index is 3.33. The first-order chi connectivity index (χ1) is 10.6. The molecule has 0 aromatic heterocycles. The molecule has 0 saturated heterocycles. The number of carbonyl (C=O) groups excluding carboxylic acids is 1. The zero-order valence-corrected chi connectivity index (χ0v) is 13.1. The molecule has 0 rings (SSSR count). The highest BCUT2D eigenvalue weighted by molar-refractivity contribution is 5.98. The third kappa shape index (κ3) is 13.5. The Morgan fingerprint density at radius 3 is 1.95 bits per heavy atom. The van der Waals surface area contributed by atoms with Crippen molar-refractivity contribution in [1.82, 2.24) is 5.32 Å². The van der Waals surface area contributed by atoms with Gasteiger partial charge in [-0.15, -0.1) is 0 Å². The van der Waals surface area contributed by atoms with Crippen LogP contribution in [0, 0.1) is 0 Å². The van der Waals surface area contributed by atoms with Gasteiger partial charge < -0.3 is 29.4 Å². The fourth-order valence-electron chi connectivity index (χ4n) is 1.31. The predicted molar refractivity (Wildman–Crippen MR) is 78.7 cm³/mol. The molecular weight excluding hydrogens is 294 g/mol. The minimum Gasteiger partial charge on any atom is -0.478 e. The Morgan fingerprint density at radius 2 is 1.45 bits per heavy atom. The maximum absolute atomic E-state index is 11.4. The molecule has 0 saturated carbocycles. The number of methoxy groups -OCH3 is 1. The Labute approximate surface area is 130 Å². The molecule has 0 atom stereocenters. The van der Waals surface area contributed by atoms with Crippen LogP contribution in [0.25, 0.3) is 0 Å². The summed E-state index contributed by atoms with van der Waals surface area (Å²) in [6.07, 6.45) is 0.860. The standard InChI is InChI=1S/C14H25NO7/c1-12(11-13(16)17)14(18)15-3-4-20-7-8-22-10-9-21-6-5-19-2/h11H,3-10H2,1-2H3,(H,15,18)(H,16,17)/b12-11-. The van der Waals surface area contributed by atoms with Gasteiger partial charge in [-0.05, 0) is 6.92 Å². The van der Waals surface area contributed by atoms with Crippen LogP contribution in [-0.4, -0.2) is 76.9 Å². The van der Waals surface area contributed by atoms with Crippen molar-refractivity contribution < 1.29 is 33.6 Å². The first kappa shape index (κ1) is 20.5. The molecule has 0 fully saturated rings. The highest BCUT2D eigenvalue weighted by Gasteiger charge is 2.04. The minimum atomic E-state index is -1.15. The van der Waals surface area contributed by atoms with Gasteiger partial charge in [-0.25, -0.2) is 4.79 Å². The number of rotatable bonds is 14. The molecule has 1 amide bonds. The Morgan fingerprint density at radius 1 is 0.955 bits per heavy atom. The van der Waals surface area contributed by atoms with Crippen molar-refractivity contribution in [3.05, 3.63) is 11.6 Å². The molecular formula is C14H25NO7. The van der Waals surface area contributed by atoms with Gasteiger partial charge in [0.05, 0.1) is 46.2 Å². The minimum absolute atomic E-state index is 0.143. The van der Waals surface area contributed by atoms with E-state index in [2.05, 4.69) is 5.32 Å². The molecule has 22 heavy (non-hydrogen) atoms. The van der Waals surface area contributed by atoms with Crippen LogP contribution < -0.4 is 5.32 Å². The zero-order valence-electron chi connectivity index (χ0n) is 13.1. The summed E-state index contributed by atoms with van der Waals surface area (Å²) in [6.45, 7) is 5.05. The molecule has 0 aliphatic rings. The molecule has 0 unspecified atom stereocenters. The van der Waals surface area contributed by atoms with E-state index in [1.54, 1.807) is 7.11 Å². The Bertz CT molecular complexity index is 344.